The van der Waals surface area contributed by atoms with E-state index in [0.717, 1.165) is 23.8 Å². The second-order valence-corrected chi connectivity index (χ2v) is 7.19. The second kappa shape index (κ2) is 4.26. The van der Waals surface area contributed by atoms with Crippen LogP contribution >= 0.6 is 0 Å². The van der Waals surface area contributed by atoms with Gasteiger partial charge in [-0.3, -0.25) is 4.90 Å². The Morgan fingerprint density at radius 1 is 1.00 bits per heavy atom. The molecule has 98 valence electrons. The minimum atomic E-state index is 0.624. The maximum atomic E-state index is 2.89. The van der Waals surface area contributed by atoms with Crippen LogP contribution in [0.5, 0.6) is 0 Å². The molecule has 1 nitrogen and oxygen atoms in total. The molecule has 4 aliphatic carbocycles. The second-order valence-electron chi connectivity index (χ2n) is 7.19. The van der Waals surface area contributed by atoms with Gasteiger partial charge in [-0.05, 0) is 76.2 Å². The maximum Gasteiger partial charge on any atom is 0.0220 e. The van der Waals surface area contributed by atoms with Crippen molar-refractivity contribution in [3.63, 3.8) is 0 Å². The van der Waals surface area contributed by atoms with Crippen molar-refractivity contribution < 1.29 is 0 Å². The first kappa shape index (κ1) is 12.0. The van der Waals surface area contributed by atoms with Gasteiger partial charge in [0, 0.05) is 11.6 Å². The first-order valence-corrected chi connectivity index (χ1v) is 7.93. The standard InChI is InChI=1S/C16H29N/c1-4-12(3)17(5-2)16-9-13-6-14(10-16)8-15(7-13)11-16/h12-15H,4-11H2,1-3H3. The van der Waals surface area contributed by atoms with E-state index < -0.39 is 0 Å². The molecule has 0 aromatic rings. The lowest BCUT2D eigenvalue weighted by atomic mass is 9.52. The monoisotopic (exact) mass is 235 g/mol. The molecule has 4 rings (SSSR count). The lowest BCUT2D eigenvalue weighted by Crippen LogP contribution is -2.61. The summed E-state index contributed by atoms with van der Waals surface area (Å²) in [7, 11) is 0. The van der Waals surface area contributed by atoms with Gasteiger partial charge >= 0.3 is 0 Å². The number of nitrogens with zero attached hydrogens (tertiary/aromatic N) is 1. The summed E-state index contributed by atoms with van der Waals surface area (Å²) in [4.78, 5) is 2.89. The van der Waals surface area contributed by atoms with Gasteiger partial charge in [0.1, 0.15) is 0 Å². The van der Waals surface area contributed by atoms with Gasteiger partial charge in [0.05, 0.1) is 0 Å². The van der Waals surface area contributed by atoms with E-state index >= 15 is 0 Å². The topological polar surface area (TPSA) is 3.24 Å². The third kappa shape index (κ3) is 1.85. The summed E-state index contributed by atoms with van der Waals surface area (Å²) in [6.45, 7) is 8.45. The first-order chi connectivity index (χ1) is 8.16. The number of hydrogen-bond acceptors (Lipinski definition) is 1. The summed E-state index contributed by atoms with van der Waals surface area (Å²) in [5, 5.41) is 0. The third-order valence-corrected chi connectivity index (χ3v) is 6.08. The molecular weight excluding hydrogens is 206 g/mol. The summed E-state index contributed by atoms with van der Waals surface area (Å²) in [6, 6.07) is 0.788. The van der Waals surface area contributed by atoms with Gasteiger partial charge in [-0.2, -0.15) is 0 Å². The van der Waals surface area contributed by atoms with E-state index in [2.05, 4.69) is 25.7 Å². The van der Waals surface area contributed by atoms with Crippen LogP contribution in [0.25, 0.3) is 0 Å². The predicted molar refractivity (Wildman–Crippen MR) is 73.0 cm³/mol. The lowest BCUT2D eigenvalue weighted by molar-refractivity contribution is -0.101. The number of rotatable bonds is 4. The fourth-order valence-electron chi connectivity index (χ4n) is 5.75. The van der Waals surface area contributed by atoms with Gasteiger partial charge in [0.25, 0.3) is 0 Å². The molecule has 0 heterocycles. The van der Waals surface area contributed by atoms with Crippen molar-refractivity contribution >= 4 is 0 Å². The van der Waals surface area contributed by atoms with Crippen LogP contribution in [-0.2, 0) is 0 Å². The molecule has 0 aromatic heterocycles. The summed E-state index contributed by atoms with van der Waals surface area (Å²) in [6.07, 6.45) is 10.6. The van der Waals surface area contributed by atoms with E-state index in [9.17, 15) is 0 Å². The highest BCUT2D eigenvalue weighted by molar-refractivity contribution is 5.07. The van der Waals surface area contributed by atoms with Gasteiger partial charge in [0.15, 0.2) is 0 Å². The average Bonchev–Trinajstić information content (AvgIpc) is 2.27. The molecule has 0 aliphatic heterocycles. The minimum absolute atomic E-state index is 0.624. The summed E-state index contributed by atoms with van der Waals surface area (Å²) in [5.41, 5.74) is 0.624. The van der Waals surface area contributed by atoms with Gasteiger partial charge in [0.2, 0.25) is 0 Å². The molecule has 1 unspecified atom stereocenters. The Morgan fingerprint density at radius 2 is 1.47 bits per heavy atom. The van der Waals surface area contributed by atoms with Gasteiger partial charge in [-0.1, -0.05) is 13.8 Å². The number of hydrogen-bond donors (Lipinski definition) is 0. The molecule has 4 fully saturated rings. The van der Waals surface area contributed by atoms with Crippen molar-refractivity contribution in [3.05, 3.63) is 0 Å². The van der Waals surface area contributed by atoms with Gasteiger partial charge in [-0.15, -0.1) is 0 Å². The molecular formula is C16H29N. The molecule has 0 aromatic carbocycles. The van der Waals surface area contributed by atoms with Crippen LogP contribution < -0.4 is 0 Å². The van der Waals surface area contributed by atoms with E-state index in [1.165, 1.54) is 32.2 Å². The third-order valence-electron chi connectivity index (χ3n) is 6.08. The molecule has 17 heavy (non-hydrogen) atoms. The maximum absolute atomic E-state index is 2.89. The van der Waals surface area contributed by atoms with E-state index in [0.29, 0.717) is 5.54 Å². The van der Waals surface area contributed by atoms with E-state index in [1.807, 2.05) is 0 Å². The Morgan fingerprint density at radius 3 is 1.82 bits per heavy atom. The minimum Gasteiger partial charge on any atom is -0.295 e. The van der Waals surface area contributed by atoms with Crippen LogP contribution in [0, 0.1) is 17.8 Å². The summed E-state index contributed by atoms with van der Waals surface area (Å²) in [5.74, 6) is 3.25. The zero-order valence-electron chi connectivity index (χ0n) is 11.9. The van der Waals surface area contributed by atoms with Crippen LogP contribution in [0.3, 0.4) is 0 Å². The fourth-order valence-corrected chi connectivity index (χ4v) is 5.75. The van der Waals surface area contributed by atoms with Crippen molar-refractivity contribution in [2.45, 2.75) is 77.3 Å². The SMILES string of the molecule is CCC(C)N(CC)C12CC3CC(CC(C3)C1)C2. The van der Waals surface area contributed by atoms with Gasteiger partial charge < -0.3 is 0 Å². The van der Waals surface area contributed by atoms with Crippen LogP contribution in [0.2, 0.25) is 0 Å². The van der Waals surface area contributed by atoms with E-state index in [-0.39, 0.29) is 0 Å². The molecule has 4 bridgehead atoms. The Bertz CT molecular complexity index is 248. The Kier molecular flexibility index (Phi) is 3.01. The summed E-state index contributed by atoms with van der Waals surface area (Å²) < 4.78 is 0. The van der Waals surface area contributed by atoms with Crippen molar-refractivity contribution in [1.29, 1.82) is 0 Å². The highest BCUT2D eigenvalue weighted by Gasteiger charge is 2.53. The average molecular weight is 235 g/mol. The van der Waals surface area contributed by atoms with Crippen LogP contribution in [-0.4, -0.2) is 23.0 Å². The van der Waals surface area contributed by atoms with Crippen molar-refractivity contribution in [3.8, 4) is 0 Å². The first-order valence-electron chi connectivity index (χ1n) is 7.93. The predicted octanol–water partition coefficient (Wildman–Crippen LogP) is 4.08. The van der Waals surface area contributed by atoms with Gasteiger partial charge in [-0.25, -0.2) is 0 Å². The van der Waals surface area contributed by atoms with E-state index in [1.54, 1.807) is 19.3 Å². The smallest absolute Gasteiger partial charge is 0.0220 e. The molecule has 0 radical (unpaired) electrons. The molecule has 0 saturated heterocycles. The van der Waals surface area contributed by atoms with Crippen molar-refractivity contribution in [2.24, 2.45) is 17.8 Å². The largest absolute Gasteiger partial charge is 0.295 e. The molecule has 1 heteroatoms. The molecule has 4 aliphatic rings. The van der Waals surface area contributed by atoms with Crippen LogP contribution in [0.4, 0.5) is 0 Å². The van der Waals surface area contributed by atoms with Crippen molar-refractivity contribution in [1.82, 2.24) is 4.90 Å². The fraction of sp³-hybridized carbons (Fsp3) is 1.00. The highest BCUT2D eigenvalue weighted by atomic mass is 15.2. The molecule has 0 N–H and O–H groups in total. The Balaban J connectivity index is 1.85. The summed E-state index contributed by atoms with van der Waals surface area (Å²) >= 11 is 0. The van der Waals surface area contributed by atoms with E-state index in [4.69, 9.17) is 0 Å². The van der Waals surface area contributed by atoms with Crippen LogP contribution in [0.15, 0.2) is 0 Å². The van der Waals surface area contributed by atoms with Crippen LogP contribution in [0.1, 0.15) is 65.7 Å². The molecule has 0 spiro atoms. The zero-order valence-corrected chi connectivity index (χ0v) is 11.9. The normalized spacial score (nSPS) is 45.5. The Hall–Kier alpha value is -0.0400. The molecule has 4 saturated carbocycles. The van der Waals surface area contributed by atoms with Crippen molar-refractivity contribution in [2.75, 3.05) is 6.54 Å². The highest BCUT2D eigenvalue weighted by Crippen LogP contribution is 2.58. The quantitative estimate of drug-likeness (QED) is 0.710. The zero-order chi connectivity index (χ0) is 12.0. The molecule has 1 atom stereocenters. The Labute approximate surface area is 107 Å². The molecule has 0 amide bonds. The lowest BCUT2D eigenvalue weighted by Gasteiger charge is -2.61.